The maximum Gasteiger partial charge on any atom is 0.287 e. The van der Waals surface area contributed by atoms with Gasteiger partial charge in [0.25, 0.3) is 5.69 Å². The Hall–Kier alpha value is -1.17. The first-order valence-electron chi connectivity index (χ1n) is 6.53. The zero-order valence-corrected chi connectivity index (χ0v) is 12.5. The SMILES string of the molecule is O=[N+]([O-])c1ccc(OCCCCCCCCBr)nc1. The molecule has 0 atom stereocenters. The number of hydrogen-bond donors (Lipinski definition) is 0. The second-order valence-electron chi connectivity index (χ2n) is 4.27. The van der Waals surface area contributed by atoms with Gasteiger partial charge in [-0.1, -0.05) is 41.6 Å². The van der Waals surface area contributed by atoms with Gasteiger partial charge >= 0.3 is 0 Å². The van der Waals surface area contributed by atoms with Crippen LogP contribution >= 0.6 is 15.9 Å². The van der Waals surface area contributed by atoms with Gasteiger partial charge in [0.15, 0.2) is 0 Å². The van der Waals surface area contributed by atoms with Gasteiger partial charge in [-0.25, -0.2) is 4.98 Å². The summed E-state index contributed by atoms with van der Waals surface area (Å²) in [6.07, 6.45) is 8.36. The lowest BCUT2D eigenvalue weighted by molar-refractivity contribution is -0.385. The Morgan fingerprint density at radius 2 is 1.84 bits per heavy atom. The number of alkyl halides is 1. The molecule has 0 saturated carbocycles. The highest BCUT2D eigenvalue weighted by atomic mass is 79.9. The summed E-state index contributed by atoms with van der Waals surface area (Å²) < 4.78 is 5.43. The smallest absolute Gasteiger partial charge is 0.287 e. The molecular weight excluding hydrogens is 312 g/mol. The van der Waals surface area contributed by atoms with E-state index in [4.69, 9.17) is 4.74 Å². The van der Waals surface area contributed by atoms with Crippen molar-refractivity contribution >= 4 is 21.6 Å². The molecule has 0 aliphatic heterocycles. The molecule has 0 N–H and O–H groups in total. The minimum Gasteiger partial charge on any atom is -0.478 e. The van der Waals surface area contributed by atoms with Gasteiger partial charge in [0, 0.05) is 17.5 Å². The van der Waals surface area contributed by atoms with Crippen molar-refractivity contribution in [3.63, 3.8) is 0 Å². The van der Waals surface area contributed by atoms with Gasteiger partial charge in [0.2, 0.25) is 5.88 Å². The minimum absolute atomic E-state index is 0.0147. The summed E-state index contributed by atoms with van der Waals surface area (Å²) in [6.45, 7) is 0.614. The number of unbranched alkanes of at least 4 members (excludes halogenated alkanes) is 5. The number of halogens is 1. The predicted octanol–water partition coefficient (Wildman–Crippen LogP) is 4.10. The third-order valence-electron chi connectivity index (χ3n) is 2.71. The van der Waals surface area contributed by atoms with Gasteiger partial charge in [-0.3, -0.25) is 10.1 Å². The third kappa shape index (κ3) is 7.10. The molecule has 0 fully saturated rings. The summed E-state index contributed by atoms with van der Waals surface area (Å²) in [5.74, 6) is 0.449. The summed E-state index contributed by atoms with van der Waals surface area (Å²) in [7, 11) is 0. The molecule has 106 valence electrons. The lowest BCUT2D eigenvalue weighted by Gasteiger charge is -2.04. The fourth-order valence-electron chi connectivity index (χ4n) is 1.65. The van der Waals surface area contributed by atoms with E-state index in [9.17, 15) is 10.1 Å². The number of ether oxygens (including phenoxy) is 1. The zero-order chi connectivity index (χ0) is 13.9. The van der Waals surface area contributed by atoms with Crippen LogP contribution in [0.5, 0.6) is 5.88 Å². The standard InChI is InChI=1S/C13H19BrN2O3/c14-9-5-3-1-2-4-6-10-19-13-8-7-12(11-15-13)16(17)18/h7-8,11H,1-6,9-10H2. The largest absolute Gasteiger partial charge is 0.478 e. The Morgan fingerprint density at radius 3 is 2.42 bits per heavy atom. The molecule has 0 bridgehead atoms. The van der Waals surface area contributed by atoms with Gasteiger partial charge in [-0.05, 0) is 12.8 Å². The molecule has 1 aromatic rings. The van der Waals surface area contributed by atoms with Crippen LogP contribution in [-0.4, -0.2) is 21.8 Å². The van der Waals surface area contributed by atoms with Crippen LogP contribution in [0.2, 0.25) is 0 Å². The van der Waals surface area contributed by atoms with Crippen molar-refractivity contribution in [3.05, 3.63) is 28.4 Å². The maximum absolute atomic E-state index is 10.4. The fraction of sp³-hybridized carbons (Fsp3) is 0.615. The van der Waals surface area contributed by atoms with E-state index >= 15 is 0 Å². The van der Waals surface area contributed by atoms with Gasteiger partial charge in [-0.15, -0.1) is 0 Å². The first-order chi connectivity index (χ1) is 9.24. The number of rotatable bonds is 10. The molecule has 0 radical (unpaired) electrons. The van der Waals surface area contributed by atoms with Crippen molar-refractivity contribution < 1.29 is 9.66 Å². The lowest BCUT2D eigenvalue weighted by Crippen LogP contribution is -1.99. The van der Waals surface area contributed by atoms with Crippen molar-refractivity contribution in [2.45, 2.75) is 38.5 Å². The molecule has 0 aliphatic rings. The van der Waals surface area contributed by atoms with Crippen molar-refractivity contribution in [1.29, 1.82) is 0 Å². The summed E-state index contributed by atoms with van der Waals surface area (Å²) in [5.41, 5.74) is -0.0147. The van der Waals surface area contributed by atoms with E-state index in [1.807, 2.05) is 0 Å². The van der Waals surface area contributed by atoms with Gasteiger partial charge in [-0.2, -0.15) is 0 Å². The molecule has 1 aromatic heterocycles. The monoisotopic (exact) mass is 330 g/mol. The molecule has 0 aromatic carbocycles. The fourth-order valence-corrected chi connectivity index (χ4v) is 2.04. The number of hydrogen-bond acceptors (Lipinski definition) is 4. The molecule has 0 amide bonds. The molecular formula is C13H19BrN2O3. The summed E-state index contributed by atoms with van der Waals surface area (Å²) in [5, 5.41) is 11.5. The van der Waals surface area contributed by atoms with Crippen LogP contribution in [0.25, 0.3) is 0 Å². The van der Waals surface area contributed by atoms with Crippen LogP contribution < -0.4 is 4.74 Å². The highest BCUT2D eigenvalue weighted by molar-refractivity contribution is 9.09. The highest BCUT2D eigenvalue weighted by Crippen LogP contribution is 2.14. The van der Waals surface area contributed by atoms with Gasteiger partial charge in [0.05, 0.1) is 11.5 Å². The van der Waals surface area contributed by atoms with Crippen molar-refractivity contribution in [3.8, 4) is 5.88 Å². The summed E-state index contributed by atoms with van der Waals surface area (Å²) >= 11 is 3.41. The van der Waals surface area contributed by atoms with Crippen LogP contribution in [0.1, 0.15) is 38.5 Å². The average Bonchev–Trinajstić information content (AvgIpc) is 2.42. The van der Waals surface area contributed by atoms with Crippen LogP contribution in [0.4, 0.5) is 5.69 Å². The first-order valence-corrected chi connectivity index (χ1v) is 7.65. The van der Waals surface area contributed by atoms with Crippen LogP contribution in [0.15, 0.2) is 18.3 Å². The summed E-state index contributed by atoms with van der Waals surface area (Å²) in [4.78, 5) is 13.9. The van der Waals surface area contributed by atoms with E-state index in [0.29, 0.717) is 12.5 Å². The Labute approximate surface area is 121 Å². The molecule has 1 heterocycles. The van der Waals surface area contributed by atoms with Gasteiger partial charge in [0.1, 0.15) is 6.20 Å². The Balaban J connectivity index is 2.07. The molecule has 5 nitrogen and oxygen atoms in total. The third-order valence-corrected chi connectivity index (χ3v) is 3.27. The molecule has 0 aliphatic carbocycles. The second-order valence-corrected chi connectivity index (χ2v) is 5.06. The Kier molecular flexibility index (Phi) is 8.13. The van der Waals surface area contributed by atoms with E-state index in [1.54, 1.807) is 0 Å². The average molecular weight is 331 g/mol. The van der Waals surface area contributed by atoms with E-state index in [1.165, 1.54) is 44.0 Å². The zero-order valence-electron chi connectivity index (χ0n) is 10.9. The normalized spacial score (nSPS) is 10.4. The first kappa shape index (κ1) is 15.9. The van der Waals surface area contributed by atoms with E-state index in [0.717, 1.165) is 18.2 Å². The van der Waals surface area contributed by atoms with E-state index in [-0.39, 0.29) is 5.69 Å². The van der Waals surface area contributed by atoms with E-state index in [2.05, 4.69) is 20.9 Å². The van der Waals surface area contributed by atoms with Crippen molar-refractivity contribution in [2.75, 3.05) is 11.9 Å². The summed E-state index contributed by atoms with van der Waals surface area (Å²) in [6, 6.07) is 2.94. The number of pyridine rings is 1. The van der Waals surface area contributed by atoms with E-state index < -0.39 is 4.92 Å². The van der Waals surface area contributed by atoms with Crippen molar-refractivity contribution in [1.82, 2.24) is 4.98 Å². The molecule has 6 heteroatoms. The number of nitrogens with zero attached hydrogens (tertiary/aromatic N) is 2. The Bertz CT molecular complexity index is 371. The number of aromatic nitrogens is 1. The Morgan fingerprint density at radius 1 is 1.16 bits per heavy atom. The highest BCUT2D eigenvalue weighted by Gasteiger charge is 2.05. The second kappa shape index (κ2) is 9.72. The quantitative estimate of drug-likeness (QED) is 0.280. The minimum atomic E-state index is -0.469. The lowest BCUT2D eigenvalue weighted by atomic mass is 10.1. The van der Waals surface area contributed by atoms with Crippen LogP contribution in [0, 0.1) is 10.1 Å². The molecule has 1 rings (SSSR count). The predicted molar refractivity (Wildman–Crippen MR) is 77.9 cm³/mol. The molecule has 19 heavy (non-hydrogen) atoms. The van der Waals surface area contributed by atoms with Crippen molar-refractivity contribution in [2.24, 2.45) is 0 Å². The van der Waals surface area contributed by atoms with Crippen LogP contribution in [-0.2, 0) is 0 Å². The molecule has 0 unspecified atom stereocenters. The van der Waals surface area contributed by atoms with Crippen LogP contribution in [0.3, 0.4) is 0 Å². The molecule has 0 saturated heterocycles. The maximum atomic E-state index is 10.4. The number of nitro groups is 1. The van der Waals surface area contributed by atoms with Gasteiger partial charge < -0.3 is 4.74 Å². The molecule has 0 spiro atoms. The topological polar surface area (TPSA) is 65.3 Å².